The van der Waals surface area contributed by atoms with Gasteiger partial charge >= 0.3 is 0 Å². The summed E-state index contributed by atoms with van der Waals surface area (Å²) in [5.74, 6) is -0.304. The Morgan fingerprint density at radius 1 is 1.53 bits per heavy atom. The van der Waals surface area contributed by atoms with Crippen molar-refractivity contribution in [3.8, 4) is 0 Å². The zero-order chi connectivity index (χ0) is 11.3. The molecule has 1 unspecified atom stereocenters. The van der Waals surface area contributed by atoms with Crippen molar-refractivity contribution in [1.82, 2.24) is 5.32 Å². The van der Waals surface area contributed by atoms with Crippen LogP contribution < -0.4 is 11.1 Å². The molecule has 0 fully saturated rings. The summed E-state index contributed by atoms with van der Waals surface area (Å²) in [6.45, 7) is 3.18. The molecular weight excluding hydrogens is 215 g/mol. The molecular formula is C11H16ClFN2. The molecule has 0 aliphatic heterocycles. The van der Waals surface area contributed by atoms with E-state index in [0.29, 0.717) is 17.1 Å². The molecule has 0 aliphatic rings. The third-order valence-electron chi connectivity index (χ3n) is 2.22. The first kappa shape index (κ1) is 12.4. The zero-order valence-corrected chi connectivity index (χ0v) is 9.52. The molecule has 0 amide bonds. The molecule has 0 spiro atoms. The van der Waals surface area contributed by atoms with E-state index in [1.165, 1.54) is 6.07 Å². The molecule has 15 heavy (non-hydrogen) atoms. The lowest BCUT2D eigenvalue weighted by Gasteiger charge is -2.18. The quantitative estimate of drug-likeness (QED) is 0.816. The molecule has 1 aromatic rings. The summed E-state index contributed by atoms with van der Waals surface area (Å²) in [4.78, 5) is 0. The first-order chi connectivity index (χ1) is 7.20. The van der Waals surface area contributed by atoms with Crippen LogP contribution in [0, 0.1) is 5.82 Å². The zero-order valence-electron chi connectivity index (χ0n) is 8.76. The van der Waals surface area contributed by atoms with Crippen molar-refractivity contribution in [1.29, 1.82) is 0 Å². The third-order valence-corrected chi connectivity index (χ3v) is 2.55. The number of hydrogen-bond acceptors (Lipinski definition) is 2. The number of nitrogens with one attached hydrogen (secondary N) is 1. The van der Waals surface area contributed by atoms with E-state index in [0.717, 1.165) is 13.0 Å². The highest BCUT2D eigenvalue weighted by Crippen LogP contribution is 2.25. The smallest absolute Gasteiger partial charge is 0.129 e. The van der Waals surface area contributed by atoms with E-state index in [1.807, 2.05) is 6.92 Å². The molecule has 0 saturated heterocycles. The van der Waals surface area contributed by atoms with Crippen LogP contribution in [0.1, 0.15) is 24.9 Å². The van der Waals surface area contributed by atoms with Crippen LogP contribution in [0.4, 0.5) is 4.39 Å². The molecule has 2 nitrogen and oxygen atoms in total. The van der Waals surface area contributed by atoms with Gasteiger partial charge in [0.2, 0.25) is 0 Å². The summed E-state index contributed by atoms with van der Waals surface area (Å²) in [5.41, 5.74) is 6.06. The fraction of sp³-hybridized carbons (Fsp3) is 0.455. The van der Waals surface area contributed by atoms with Crippen molar-refractivity contribution < 1.29 is 4.39 Å². The molecule has 0 aliphatic carbocycles. The first-order valence-corrected chi connectivity index (χ1v) is 5.45. The Kier molecular flexibility index (Phi) is 5.02. The maximum absolute atomic E-state index is 13.5. The molecule has 1 atom stereocenters. The van der Waals surface area contributed by atoms with Gasteiger partial charge in [-0.25, -0.2) is 4.39 Å². The van der Waals surface area contributed by atoms with Gasteiger partial charge in [-0.15, -0.1) is 0 Å². The molecule has 0 bridgehead atoms. The highest BCUT2D eigenvalue weighted by molar-refractivity contribution is 6.31. The van der Waals surface area contributed by atoms with Crippen LogP contribution >= 0.6 is 11.6 Å². The summed E-state index contributed by atoms with van der Waals surface area (Å²) in [6, 6.07) is 4.46. The maximum atomic E-state index is 13.5. The van der Waals surface area contributed by atoms with Gasteiger partial charge < -0.3 is 11.1 Å². The molecule has 0 heterocycles. The van der Waals surface area contributed by atoms with Crippen LogP contribution in [-0.4, -0.2) is 13.1 Å². The largest absolute Gasteiger partial charge is 0.329 e. The van der Waals surface area contributed by atoms with E-state index in [2.05, 4.69) is 5.32 Å². The highest BCUT2D eigenvalue weighted by atomic mass is 35.5. The van der Waals surface area contributed by atoms with Crippen LogP contribution in [0.2, 0.25) is 5.02 Å². The minimum absolute atomic E-state index is 0.210. The van der Waals surface area contributed by atoms with E-state index >= 15 is 0 Å². The molecule has 4 heteroatoms. The predicted octanol–water partition coefficient (Wildman–Crippen LogP) is 2.48. The van der Waals surface area contributed by atoms with Gasteiger partial charge in [0.25, 0.3) is 0 Å². The SMILES string of the molecule is CCCNC(CN)c1c(F)cccc1Cl. The van der Waals surface area contributed by atoms with Crippen LogP contribution in [0.15, 0.2) is 18.2 Å². The predicted molar refractivity (Wildman–Crippen MR) is 61.5 cm³/mol. The van der Waals surface area contributed by atoms with E-state index in [1.54, 1.807) is 12.1 Å². The minimum Gasteiger partial charge on any atom is -0.329 e. The van der Waals surface area contributed by atoms with Crippen molar-refractivity contribution in [3.05, 3.63) is 34.6 Å². The fourth-order valence-corrected chi connectivity index (χ4v) is 1.76. The van der Waals surface area contributed by atoms with Crippen LogP contribution in [0.3, 0.4) is 0 Å². The van der Waals surface area contributed by atoms with Gasteiger partial charge in [0.05, 0.1) is 0 Å². The Morgan fingerprint density at radius 3 is 2.80 bits per heavy atom. The van der Waals surface area contributed by atoms with Gasteiger partial charge in [-0.2, -0.15) is 0 Å². The second kappa shape index (κ2) is 6.05. The monoisotopic (exact) mass is 230 g/mol. The second-order valence-corrected chi connectivity index (χ2v) is 3.78. The van der Waals surface area contributed by atoms with Crippen molar-refractivity contribution in [3.63, 3.8) is 0 Å². The van der Waals surface area contributed by atoms with Gasteiger partial charge in [0, 0.05) is 23.2 Å². The summed E-state index contributed by atoms with van der Waals surface area (Å²) >= 11 is 5.95. The Morgan fingerprint density at radius 2 is 2.27 bits per heavy atom. The van der Waals surface area contributed by atoms with E-state index in [9.17, 15) is 4.39 Å². The number of rotatable bonds is 5. The van der Waals surface area contributed by atoms with Gasteiger partial charge in [-0.1, -0.05) is 24.6 Å². The normalized spacial score (nSPS) is 12.8. The molecule has 1 rings (SSSR count). The van der Waals surface area contributed by atoms with E-state index < -0.39 is 0 Å². The molecule has 0 radical (unpaired) electrons. The Balaban J connectivity index is 2.90. The number of hydrogen-bond donors (Lipinski definition) is 2. The van der Waals surface area contributed by atoms with Gasteiger partial charge in [0.15, 0.2) is 0 Å². The Hall–Kier alpha value is -0.640. The fourth-order valence-electron chi connectivity index (χ4n) is 1.47. The number of nitrogens with two attached hydrogens (primary N) is 1. The number of halogens is 2. The average molecular weight is 231 g/mol. The molecule has 3 N–H and O–H groups in total. The van der Waals surface area contributed by atoms with E-state index in [4.69, 9.17) is 17.3 Å². The first-order valence-electron chi connectivity index (χ1n) is 5.08. The van der Waals surface area contributed by atoms with Gasteiger partial charge in [-0.05, 0) is 25.1 Å². The van der Waals surface area contributed by atoms with Gasteiger partial charge in [-0.3, -0.25) is 0 Å². The lowest BCUT2D eigenvalue weighted by atomic mass is 10.1. The lowest BCUT2D eigenvalue weighted by Crippen LogP contribution is -2.29. The summed E-state index contributed by atoms with van der Waals surface area (Å²) in [7, 11) is 0. The highest BCUT2D eigenvalue weighted by Gasteiger charge is 2.16. The van der Waals surface area contributed by atoms with Crippen LogP contribution in [-0.2, 0) is 0 Å². The Labute approximate surface area is 94.6 Å². The molecule has 1 aromatic carbocycles. The maximum Gasteiger partial charge on any atom is 0.129 e. The minimum atomic E-state index is -0.304. The van der Waals surface area contributed by atoms with Crippen molar-refractivity contribution in [2.75, 3.05) is 13.1 Å². The Bertz CT molecular complexity index is 297. The van der Waals surface area contributed by atoms with Crippen molar-refractivity contribution >= 4 is 11.6 Å². The average Bonchev–Trinajstić information content (AvgIpc) is 2.22. The molecule has 0 saturated carbocycles. The summed E-state index contributed by atoms with van der Waals surface area (Å²) in [6.07, 6.45) is 0.975. The third kappa shape index (κ3) is 3.16. The van der Waals surface area contributed by atoms with Crippen molar-refractivity contribution in [2.24, 2.45) is 5.73 Å². The van der Waals surface area contributed by atoms with Gasteiger partial charge in [0.1, 0.15) is 5.82 Å². The number of benzene rings is 1. The summed E-state index contributed by atoms with van der Waals surface area (Å²) < 4.78 is 13.5. The standard InChI is InChI=1S/C11H16ClFN2/c1-2-6-15-10(7-14)11-8(12)4-3-5-9(11)13/h3-5,10,15H,2,6-7,14H2,1H3. The summed E-state index contributed by atoms with van der Waals surface area (Å²) in [5, 5.41) is 3.59. The van der Waals surface area contributed by atoms with Crippen LogP contribution in [0.5, 0.6) is 0 Å². The van der Waals surface area contributed by atoms with E-state index in [-0.39, 0.29) is 11.9 Å². The van der Waals surface area contributed by atoms with Crippen molar-refractivity contribution in [2.45, 2.75) is 19.4 Å². The molecule has 0 aromatic heterocycles. The topological polar surface area (TPSA) is 38.0 Å². The van der Waals surface area contributed by atoms with Crippen LogP contribution in [0.25, 0.3) is 0 Å². The second-order valence-electron chi connectivity index (χ2n) is 3.38. The molecule has 84 valence electrons. The lowest BCUT2D eigenvalue weighted by molar-refractivity contribution is 0.506.